The van der Waals surface area contributed by atoms with Crippen molar-refractivity contribution in [3.8, 4) is 5.75 Å². The van der Waals surface area contributed by atoms with Crippen molar-refractivity contribution in [3.63, 3.8) is 0 Å². The van der Waals surface area contributed by atoms with Gasteiger partial charge >= 0.3 is 0 Å². The summed E-state index contributed by atoms with van der Waals surface area (Å²) < 4.78 is 5.26. The van der Waals surface area contributed by atoms with E-state index in [4.69, 9.17) is 4.74 Å². The fourth-order valence-electron chi connectivity index (χ4n) is 3.36. The van der Waals surface area contributed by atoms with Gasteiger partial charge in [0.15, 0.2) is 0 Å². The average molecular weight is 355 g/mol. The van der Waals surface area contributed by atoms with Crippen LogP contribution in [0.5, 0.6) is 5.75 Å². The number of benzene rings is 1. The number of piperidine rings is 1. The first-order valence-corrected chi connectivity index (χ1v) is 8.91. The van der Waals surface area contributed by atoms with Gasteiger partial charge in [-0.05, 0) is 56.1 Å². The lowest BCUT2D eigenvalue weighted by atomic mass is 9.89. The smallest absolute Gasteiger partial charge is 0.238 e. The highest BCUT2D eigenvalue weighted by Crippen LogP contribution is 2.29. The van der Waals surface area contributed by atoms with Gasteiger partial charge in [0.2, 0.25) is 5.91 Å². The van der Waals surface area contributed by atoms with Gasteiger partial charge in [-0.25, -0.2) is 0 Å². The van der Waals surface area contributed by atoms with Crippen LogP contribution in [-0.2, 0) is 4.79 Å². The van der Waals surface area contributed by atoms with Gasteiger partial charge in [0.05, 0.1) is 31.1 Å². The number of methoxy groups -OCH3 is 1. The van der Waals surface area contributed by atoms with Gasteiger partial charge in [-0.2, -0.15) is 0 Å². The van der Waals surface area contributed by atoms with Gasteiger partial charge < -0.3 is 15.2 Å². The highest BCUT2D eigenvalue weighted by atomic mass is 16.5. The minimum absolute atomic E-state index is 0.0572. The van der Waals surface area contributed by atoms with Crippen molar-refractivity contribution in [3.05, 3.63) is 54.4 Å². The van der Waals surface area contributed by atoms with E-state index >= 15 is 0 Å². The summed E-state index contributed by atoms with van der Waals surface area (Å²) in [6.07, 6.45) is 2.86. The minimum Gasteiger partial charge on any atom is -0.495 e. The lowest BCUT2D eigenvalue weighted by Crippen LogP contribution is -2.40. The van der Waals surface area contributed by atoms with Crippen LogP contribution < -0.4 is 10.1 Å². The number of para-hydroxylation sites is 2. The Bertz CT molecular complexity index is 715. The molecule has 2 aromatic rings. The number of hydrogen-bond acceptors (Lipinski definition) is 5. The van der Waals surface area contributed by atoms with E-state index in [2.05, 4.69) is 15.2 Å². The molecule has 6 heteroatoms. The van der Waals surface area contributed by atoms with E-state index in [1.807, 2.05) is 42.5 Å². The third-order valence-corrected chi connectivity index (χ3v) is 4.82. The van der Waals surface area contributed by atoms with Gasteiger partial charge in [0.1, 0.15) is 5.75 Å². The van der Waals surface area contributed by atoms with Crippen LogP contribution in [0.25, 0.3) is 0 Å². The number of carbonyl (C=O) groups is 1. The number of ether oxygens (including phenoxy) is 1. The predicted molar refractivity (Wildman–Crippen MR) is 100.0 cm³/mol. The third kappa shape index (κ3) is 4.59. The molecular formula is C20H25N3O3. The second-order valence-corrected chi connectivity index (χ2v) is 6.56. The fourth-order valence-corrected chi connectivity index (χ4v) is 3.36. The molecule has 2 N–H and O–H groups in total. The van der Waals surface area contributed by atoms with Crippen molar-refractivity contribution in [2.45, 2.75) is 18.9 Å². The molecule has 1 aromatic heterocycles. The molecule has 26 heavy (non-hydrogen) atoms. The lowest BCUT2D eigenvalue weighted by molar-refractivity contribution is -0.117. The van der Waals surface area contributed by atoms with Crippen molar-refractivity contribution in [2.24, 2.45) is 5.92 Å². The predicted octanol–water partition coefficient (Wildman–Crippen LogP) is 2.47. The fraction of sp³-hybridized carbons (Fsp3) is 0.400. The highest BCUT2D eigenvalue weighted by molar-refractivity contribution is 5.93. The van der Waals surface area contributed by atoms with Crippen molar-refractivity contribution < 1.29 is 14.6 Å². The molecule has 6 nitrogen and oxygen atoms in total. The monoisotopic (exact) mass is 355 g/mol. The van der Waals surface area contributed by atoms with E-state index in [1.54, 1.807) is 13.3 Å². The van der Waals surface area contributed by atoms with Crippen LogP contribution in [0.1, 0.15) is 24.6 Å². The van der Waals surface area contributed by atoms with Gasteiger partial charge in [-0.1, -0.05) is 18.2 Å². The van der Waals surface area contributed by atoms with E-state index in [0.29, 0.717) is 18.0 Å². The molecule has 0 saturated carbocycles. The summed E-state index contributed by atoms with van der Waals surface area (Å²) in [5, 5.41) is 13.4. The number of likely N-dealkylation sites (tertiary alicyclic amines) is 1. The van der Waals surface area contributed by atoms with Crippen molar-refractivity contribution >= 4 is 11.6 Å². The first kappa shape index (κ1) is 18.4. The van der Waals surface area contributed by atoms with E-state index in [-0.39, 0.29) is 11.8 Å². The van der Waals surface area contributed by atoms with Gasteiger partial charge in [-0.3, -0.25) is 14.7 Å². The molecule has 1 aliphatic rings. The number of nitrogens with one attached hydrogen (secondary N) is 1. The molecule has 1 atom stereocenters. The Morgan fingerprint density at radius 2 is 2.00 bits per heavy atom. The molecule has 0 unspecified atom stereocenters. The second kappa shape index (κ2) is 8.78. The summed E-state index contributed by atoms with van der Waals surface area (Å²) in [5.74, 6) is 0.773. The SMILES string of the molecule is COc1ccccc1NC(=O)CN1CCC([C@@H](O)c2ccccn2)CC1. The zero-order valence-electron chi connectivity index (χ0n) is 15.0. The standard InChI is InChI=1S/C20H25N3O3/c1-26-18-8-3-2-6-16(18)22-19(24)14-23-12-9-15(10-13-23)20(25)17-7-4-5-11-21-17/h2-8,11,15,20,25H,9-10,12-14H2,1H3,(H,22,24)/t20-/m1/s1. The number of hydrogen-bond donors (Lipinski definition) is 2. The Kier molecular flexibility index (Phi) is 6.20. The van der Waals surface area contributed by atoms with Crippen LogP contribution in [0, 0.1) is 5.92 Å². The Morgan fingerprint density at radius 3 is 2.69 bits per heavy atom. The number of aromatic nitrogens is 1. The maximum Gasteiger partial charge on any atom is 0.238 e. The van der Waals surface area contributed by atoms with E-state index in [9.17, 15) is 9.90 Å². The lowest BCUT2D eigenvalue weighted by Gasteiger charge is -2.33. The highest BCUT2D eigenvalue weighted by Gasteiger charge is 2.27. The molecule has 1 fully saturated rings. The number of amides is 1. The Hall–Kier alpha value is -2.44. The van der Waals surface area contributed by atoms with E-state index in [1.165, 1.54) is 0 Å². The molecule has 1 aromatic carbocycles. The maximum atomic E-state index is 12.3. The van der Waals surface area contributed by atoms with Crippen LogP contribution in [0.2, 0.25) is 0 Å². The second-order valence-electron chi connectivity index (χ2n) is 6.56. The van der Waals surface area contributed by atoms with Gasteiger partial charge in [0, 0.05) is 6.20 Å². The van der Waals surface area contributed by atoms with Crippen LogP contribution >= 0.6 is 0 Å². The summed E-state index contributed by atoms with van der Waals surface area (Å²) in [7, 11) is 1.59. The first-order chi connectivity index (χ1) is 12.7. The Labute approximate surface area is 153 Å². The van der Waals surface area contributed by atoms with Crippen LogP contribution in [0.15, 0.2) is 48.7 Å². The average Bonchev–Trinajstić information content (AvgIpc) is 2.69. The molecule has 138 valence electrons. The topological polar surface area (TPSA) is 74.7 Å². The molecule has 0 aliphatic carbocycles. The third-order valence-electron chi connectivity index (χ3n) is 4.82. The molecule has 0 bridgehead atoms. The summed E-state index contributed by atoms with van der Waals surface area (Å²) in [4.78, 5) is 18.7. The quantitative estimate of drug-likeness (QED) is 0.833. The molecule has 0 spiro atoms. The number of carbonyl (C=O) groups excluding carboxylic acids is 1. The molecule has 1 saturated heterocycles. The summed E-state index contributed by atoms with van der Waals surface area (Å²) in [6, 6.07) is 13.0. The Balaban J connectivity index is 1.48. The van der Waals surface area contributed by atoms with Crippen LogP contribution in [0.4, 0.5) is 5.69 Å². The first-order valence-electron chi connectivity index (χ1n) is 8.91. The molecule has 1 aliphatic heterocycles. The van der Waals surface area contributed by atoms with Crippen LogP contribution in [-0.4, -0.2) is 47.6 Å². The number of anilines is 1. The van der Waals surface area contributed by atoms with Crippen molar-refractivity contribution in [1.82, 2.24) is 9.88 Å². The largest absolute Gasteiger partial charge is 0.495 e. The molecule has 0 radical (unpaired) electrons. The molecular weight excluding hydrogens is 330 g/mol. The molecule has 2 heterocycles. The van der Waals surface area contributed by atoms with Crippen molar-refractivity contribution in [2.75, 3.05) is 32.1 Å². The van der Waals surface area contributed by atoms with E-state index < -0.39 is 6.10 Å². The summed E-state index contributed by atoms with van der Waals surface area (Å²) >= 11 is 0. The maximum absolute atomic E-state index is 12.3. The van der Waals surface area contributed by atoms with Crippen molar-refractivity contribution in [1.29, 1.82) is 0 Å². The Morgan fingerprint density at radius 1 is 1.27 bits per heavy atom. The number of aliphatic hydroxyl groups is 1. The minimum atomic E-state index is -0.541. The summed E-state index contributed by atoms with van der Waals surface area (Å²) in [5.41, 5.74) is 1.40. The van der Waals surface area contributed by atoms with Gasteiger partial charge in [-0.15, -0.1) is 0 Å². The van der Waals surface area contributed by atoms with Crippen LogP contribution in [0.3, 0.4) is 0 Å². The zero-order valence-corrected chi connectivity index (χ0v) is 15.0. The van der Waals surface area contributed by atoms with E-state index in [0.717, 1.165) is 31.6 Å². The number of nitrogens with zero attached hydrogens (tertiary/aromatic N) is 2. The van der Waals surface area contributed by atoms with Gasteiger partial charge in [0.25, 0.3) is 0 Å². The summed E-state index contributed by atoms with van der Waals surface area (Å²) in [6.45, 7) is 1.91. The normalized spacial score (nSPS) is 16.8. The number of pyridine rings is 1. The molecule has 1 amide bonds. The number of rotatable bonds is 6. The number of aliphatic hydroxyl groups excluding tert-OH is 1. The molecule has 3 rings (SSSR count). The zero-order chi connectivity index (χ0) is 18.4.